The van der Waals surface area contributed by atoms with Gasteiger partial charge in [-0.1, -0.05) is 6.07 Å². The summed E-state index contributed by atoms with van der Waals surface area (Å²) >= 11 is 0. The van der Waals surface area contributed by atoms with Crippen LogP contribution in [0.3, 0.4) is 0 Å². The van der Waals surface area contributed by atoms with Gasteiger partial charge in [-0.2, -0.15) is 0 Å². The lowest BCUT2D eigenvalue weighted by Gasteiger charge is -2.20. The Labute approximate surface area is 123 Å². The van der Waals surface area contributed by atoms with E-state index in [1.165, 1.54) is 0 Å². The summed E-state index contributed by atoms with van der Waals surface area (Å²) in [5, 5.41) is 5.76. The molecule has 2 aliphatic heterocycles. The Balaban J connectivity index is 1.47. The smallest absolute Gasteiger partial charge is 0.315 e. The van der Waals surface area contributed by atoms with Gasteiger partial charge in [-0.25, -0.2) is 4.79 Å². The van der Waals surface area contributed by atoms with Crippen molar-refractivity contribution in [1.82, 2.24) is 10.6 Å². The van der Waals surface area contributed by atoms with E-state index in [4.69, 9.17) is 14.2 Å². The zero-order chi connectivity index (χ0) is 14.7. The van der Waals surface area contributed by atoms with Gasteiger partial charge in [0.1, 0.15) is 0 Å². The van der Waals surface area contributed by atoms with Gasteiger partial charge in [-0.3, -0.25) is 0 Å². The molecule has 21 heavy (non-hydrogen) atoms. The molecule has 2 amide bonds. The maximum atomic E-state index is 11.9. The number of nitrogens with one attached hydrogen (secondary N) is 2. The summed E-state index contributed by atoms with van der Waals surface area (Å²) in [5.41, 5.74) is 0.971. The van der Waals surface area contributed by atoms with E-state index in [9.17, 15) is 4.79 Å². The number of urea groups is 1. The van der Waals surface area contributed by atoms with Gasteiger partial charge < -0.3 is 24.8 Å². The fourth-order valence-electron chi connectivity index (χ4n) is 2.58. The Hall–Kier alpha value is -1.95. The summed E-state index contributed by atoms with van der Waals surface area (Å²) in [5.74, 6) is 1.47. The van der Waals surface area contributed by atoms with Crippen molar-refractivity contribution in [3.63, 3.8) is 0 Å². The van der Waals surface area contributed by atoms with E-state index in [1.54, 1.807) is 0 Å². The predicted molar refractivity (Wildman–Crippen MR) is 76.4 cm³/mol. The largest absolute Gasteiger partial charge is 0.454 e. The molecule has 2 atom stereocenters. The van der Waals surface area contributed by atoms with E-state index >= 15 is 0 Å². The number of hydrogen-bond acceptors (Lipinski definition) is 4. The second-order valence-electron chi connectivity index (χ2n) is 5.35. The fraction of sp³-hybridized carbons (Fsp3) is 0.533. The van der Waals surface area contributed by atoms with E-state index in [0.717, 1.165) is 36.5 Å². The highest BCUT2D eigenvalue weighted by molar-refractivity contribution is 5.74. The highest BCUT2D eigenvalue weighted by atomic mass is 16.7. The zero-order valence-corrected chi connectivity index (χ0v) is 12.1. The maximum absolute atomic E-state index is 11.9. The van der Waals surface area contributed by atoms with Crippen molar-refractivity contribution < 1.29 is 19.0 Å². The third kappa shape index (κ3) is 3.39. The second-order valence-corrected chi connectivity index (χ2v) is 5.35. The van der Waals surface area contributed by atoms with Crippen LogP contribution in [0, 0.1) is 0 Å². The van der Waals surface area contributed by atoms with E-state index in [0.29, 0.717) is 6.54 Å². The highest BCUT2D eigenvalue weighted by Gasteiger charge is 2.23. The minimum absolute atomic E-state index is 0.0178. The molecule has 1 fully saturated rings. The number of hydrogen-bond donors (Lipinski definition) is 2. The van der Waals surface area contributed by atoms with Crippen LogP contribution in [0.15, 0.2) is 18.2 Å². The molecule has 1 aromatic rings. The molecular formula is C15H20N2O4. The van der Waals surface area contributed by atoms with Crippen LogP contribution in [0.2, 0.25) is 0 Å². The molecule has 0 spiro atoms. The molecule has 0 aliphatic carbocycles. The Bertz CT molecular complexity index is 514. The minimum atomic E-state index is -0.185. The maximum Gasteiger partial charge on any atom is 0.315 e. The SMILES string of the molecule is C[C@H](NC(=O)NCc1ccc2c(c1)OCO2)[C@H]1CCCO1. The Morgan fingerprint density at radius 1 is 1.38 bits per heavy atom. The number of carbonyl (C=O) groups is 1. The van der Waals surface area contributed by atoms with Crippen molar-refractivity contribution in [3.05, 3.63) is 23.8 Å². The molecular weight excluding hydrogens is 272 g/mol. The Morgan fingerprint density at radius 3 is 3.05 bits per heavy atom. The van der Waals surface area contributed by atoms with Crippen LogP contribution in [0.1, 0.15) is 25.3 Å². The zero-order valence-electron chi connectivity index (χ0n) is 12.1. The van der Waals surface area contributed by atoms with Crippen LogP contribution in [-0.4, -0.2) is 31.6 Å². The lowest BCUT2D eigenvalue weighted by Crippen LogP contribution is -2.45. The Kier molecular flexibility index (Phi) is 4.15. The molecule has 2 N–H and O–H groups in total. The topological polar surface area (TPSA) is 68.8 Å². The normalized spacial score (nSPS) is 21.1. The van der Waals surface area contributed by atoms with Gasteiger partial charge in [-0.05, 0) is 37.5 Å². The van der Waals surface area contributed by atoms with Crippen molar-refractivity contribution in [3.8, 4) is 11.5 Å². The summed E-state index contributed by atoms with van der Waals surface area (Å²) in [6.45, 7) is 3.46. The van der Waals surface area contributed by atoms with Gasteiger partial charge in [0.25, 0.3) is 0 Å². The minimum Gasteiger partial charge on any atom is -0.454 e. The first kappa shape index (κ1) is 14.0. The molecule has 0 radical (unpaired) electrons. The first-order valence-electron chi connectivity index (χ1n) is 7.27. The molecule has 1 aromatic carbocycles. The monoisotopic (exact) mass is 292 g/mol. The van der Waals surface area contributed by atoms with Crippen molar-refractivity contribution in [2.45, 2.75) is 38.5 Å². The number of fused-ring (bicyclic) bond motifs is 1. The molecule has 0 aromatic heterocycles. The van der Waals surface area contributed by atoms with Gasteiger partial charge in [-0.15, -0.1) is 0 Å². The summed E-state index contributed by atoms with van der Waals surface area (Å²) in [6.07, 6.45) is 2.19. The van der Waals surface area contributed by atoms with Crippen LogP contribution in [0.25, 0.3) is 0 Å². The molecule has 0 unspecified atom stereocenters. The molecule has 2 heterocycles. The van der Waals surface area contributed by atoms with Gasteiger partial charge in [0.15, 0.2) is 11.5 Å². The summed E-state index contributed by atoms with van der Waals surface area (Å²) < 4.78 is 16.1. The molecule has 1 saturated heterocycles. The summed E-state index contributed by atoms with van der Waals surface area (Å²) in [7, 11) is 0. The third-order valence-electron chi connectivity index (χ3n) is 3.77. The van der Waals surface area contributed by atoms with E-state index in [2.05, 4.69) is 10.6 Å². The van der Waals surface area contributed by atoms with E-state index < -0.39 is 0 Å². The van der Waals surface area contributed by atoms with Crippen LogP contribution < -0.4 is 20.1 Å². The molecule has 2 aliphatic rings. The van der Waals surface area contributed by atoms with E-state index in [1.807, 2.05) is 25.1 Å². The molecule has 6 nitrogen and oxygen atoms in total. The van der Waals surface area contributed by atoms with Crippen LogP contribution in [0.4, 0.5) is 4.79 Å². The van der Waals surface area contributed by atoms with Gasteiger partial charge in [0.2, 0.25) is 6.79 Å². The van der Waals surface area contributed by atoms with Crippen molar-refractivity contribution in [1.29, 1.82) is 0 Å². The molecule has 0 saturated carbocycles. The fourth-order valence-corrected chi connectivity index (χ4v) is 2.58. The van der Waals surface area contributed by atoms with Crippen LogP contribution in [-0.2, 0) is 11.3 Å². The van der Waals surface area contributed by atoms with Gasteiger partial charge in [0, 0.05) is 13.2 Å². The third-order valence-corrected chi connectivity index (χ3v) is 3.77. The highest BCUT2D eigenvalue weighted by Crippen LogP contribution is 2.32. The standard InChI is InChI=1S/C15H20N2O4/c1-10(12-3-2-6-19-12)17-15(18)16-8-11-4-5-13-14(7-11)21-9-20-13/h4-5,7,10,12H,2-3,6,8-9H2,1H3,(H2,16,17,18)/t10-,12+/m0/s1. The summed E-state index contributed by atoms with van der Waals surface area (Å²) in [6, 6.07) is 5.48. The van der Waals surface area contributed by atoms with Crippen LogP contribution in [0.5, 0.6) is 11.5 Å². The lowest BCUT2D eigenvalue weighted by atomic mass is 10.1. The Morgan fingerprint density at radius 2 is 2.24 bits per heavy atom. The van der Waals surface area contributed by atoms with E-state index in [-0.39, 0.29) is 25.0 Å². The lowest BCUT2D eigenvalue weighted by molar-refractivity contribution is 0.0860. The quantitative estimate of drug-likeness (QED) is 0.887. The van der Waals surface area contributed by atoms with Crippen LogP contribution >= 0.6 is 0 Å². The molecule has 6 heteroatoms. The number of carbonyl (C=O) groups excluding carboxylic acids is 1. The van der Waals surface area contributed by atoms with Crippen molar-refractivity contribution >= 4 is 6.03 Å². The average Bonchev–Trinajstić information content (AvgIpc) is 3.15. The average molecular weight is 292 g/mol. The first-order valence-corrected chi connectivity index (χ1v) is 7.27. The first-order chi connectivity index (χ1) is 10.2. The predicted octanol–water partition coefficient (Wildman–Crippen LogP) is 1.78. The van der Waals surface area contributed by atoms with Crippen molar-refractivity contribution in [2.75, 3.05) is 13.4 Å². The number of ether oxygens (including phenoxy) is 3. The van der Waals surface area contributed by atoms with Gasteiger partial charge >= 0.3 is 6.03 Å². The molecule has 3 rings (SSSR count). The number of rotatable bonds is 4. The second kappa shape index (κ2) is 6.22. The molecule has 0 bridgehead atoms. The van der Waals surface area contributed by atoms with Crippen molar-refractivity contribution in [2.24, 2.45) is 0 Å². The van der Waals surface area contributed by atoms with Gasteiger partial charge in [0.05, 0.1) is 12.1 Å². The molecule has 114 valence electrons. The number of amides is 2. The number of benzene rings is 1. The summed E-state index contributed by atoms with van der Waals surface area (Å²) in [4.78, 5) is 11.9.